The number of benzene rings is 2. The van der Waals surface area contributed by atoms with E-state index in [1.54, 1.807) is 18.2 Å². The highest BCUT2D eigenvalue weighted by molar-refractivity contribution is 7.89. The second-order valence-electron chi connectivity index (χ2n) is 6.19. The Balaban J connectivity index is 1.76. The molecule has 3 rings (SSSR count). The van der Waals surface area contributed by atoms with Gasteiger partial charge in [0, 0.05) is 25.0 Å². The molecule has 2 N–H and O–H groups in total. The van der Waals surface area contributed by atoms with E-state index in [1.165, 1.54) is 0 Å². The van der Waals surface area contributed by atoms with Crippen molar-refractivity contribution < 1.29 is 26.3 Å². The lowest BCUT2D eigenvalue weighted by atomic mass is 9.95. The summed E-state index contributed by atoms with van der Waals surface area (Å²) in [6, 6.07) is 8.65. The molecule has 0 aliphatic carbocycles. The minimum atomic E-state index is -4.85. The van der Waals surface area contributed by atoms with Crippen LogP contribution < -0.4 is 14.8 Å². The maximum atomic E-state index is 12.6. The Kier molecular flexibility index (Phi) is 6.11. The van der Waals surface area contributed by atoms with Crippen LogP contribution in [0.4, 0.5) is 13.2 Å². The van der Waals surface area contributed by atoms with E-state index in [0.717, 1.165) is 29.8 Å². The predicted molar refractivity (Wildman–Crippen MR) is 99.3 cm³/mol. The van der Waals surface area contributed by atoms with Crippen molar-refractivity contribution in [2.24, 2.45) is 0 Å². The summed E-state index contributed by atoms with van der Waals surface area (Å²) in [6.07, 6.45) is -4.85. The lowest BCUT2D eigenvalue weighted by molar-refractivity contribution is -0.274. The van der Waals surface area contributed by atoms with Gasteiger partial charge >= 0.3 is 6.36 Å². The highest BCUT2D eigenvalue weighted by Gasteiger charge is 2.33. The Morgan fingerprint density at radius 2 is 1.71 bits per heavy atom. The largest absolute Gasteiger partial charge is 0.573 e. The Morgan fingerprint density at radius 1 is 1.04 bits per heavy atom. The van der Waals surface area contributed by atoms with E-state index in [0.29, 0.717) is 23.1 Å². The van der Waals surface area contributed by atoms with Gasteiger partial charge in [0.2, 0.25) is 10.0 Å². The molecule has 2 aromatic carbocycles. The summed E-state index contributed by atoms with van der Waals surface area (Å²) in [5.74, 6) is -0.681. The summed E-state index contributed by atoms with van der Waals surface area (Å²) in [7, 11) is -3.95. The Hall–Kier alpha value is -1.52. The number of nitrogens with one attached hydrogen (secondary N) is 2. The van der Waals surface area contributed by atoms with Crippen molar-refractivity contribution in [2.45, 2.75) is 23.2 Å². The summed E-state index contributed by atoms with van der Waals surface area (Å²) >= 11 is 12.0. The molecule has 1 aliphatic rings. The van der Waals surface area contributed by atoms with Gasteiger partial charge in [-0.05, 0) is 42.0 Å². The second kappa shape index (κ2) is 8.08. The molecule has 1 heterocycles. The van der Waals surface area contributed by atoms with E-state index in [-0.39, 0.29) is 10.8 Å². The zero-order valence-electron chi connectivity index (χ0n) is 14.1. The van der Waals surface area contributed by atoms with E-state index in [4.69, 9.17) is 23.2 Å². The third kappa shape index (κ3) is 5.09. The third-order valence-corrected chi connectivity index (χ3v) is 6.50. The van der Waals surface area contributed by atoms with Crippen LogP contribution in [-0.2, 0) is 10.0 Å². The molecular weight excluding hydrogens is 440 g/mol. The number of hydrogen-bond donors (Lipinski definition) is 2. The topological polar surface area (TPSA) is 67.4 Å². The Labute approximate surface area is 169 Å². The van der Waals surface area contributed by atoms with Gasteiger partial charge in [-0.2, -0.15) is 0 Å². The fraction of sp³-hybridized carbons (Fsp3) is 0.294. The molecule has 2 atom stereocenters. The maximum absolute atomic E-state index is 12.6. The van der Waals surface area contributed by atoms with Crippen molar-refractivity contribution in [3.8, 4) is 5.75 Å². The van der Waals surface area contributed by atoms with E-state index in [9.17, 15) is 21.6 Å². The van der Waals surface area contributed by atoms with Crippen molar-refractivity contribution >= 4 is 33.2 Å². The van der Waals surface area contributed by atoms with Gasteiger partial charge in [0.05, 0.1) is 14.9 Å². The second-order valence-corrected chi connectivity index (χ2v) is 8.71. The number of hydrogen-bond acceptors (Lipinski definition) is 4. The van der Waals surface area contributed by atoms with Crippen LogP contribution >= 0.6 is 23.2 Å². The Morgan fingerprint density at radius 3 is 2.32 bits per heavy atom. The molecule has 0 unspecified atom stereocenters. The van der Waals surface area contributed by atoms with Crippen LogP contribution in [0.15, 0.2) is 47.4 Å². The third-order valence-electron chi connectivity index (χ3n) is 4.26. The van der Waals surface area contributed by atoms with E-state index in [1.807, 2.05) is 0 Å². The molecule has 0 aromatic heterocycles. The molecule has 0 amide bonds. The van der Waals surface area contributed by atoms with E-state index >= 15 is 0 Å². The lowest BCUT2D eigenvalue weighted by Gasteiger charge is -2.21. The van der Waals surface area contributed by atoms with Crippen LogP contribution in [0, 0.1) is 0 Å². The van der Waals surface area contributed by atoms with Crippen molar-refractivity contribution in [1.29, 1.82) is 0 Å². The molecule has 152 valence electrons. The molecule has 11 heteroatoms. The first kappa shape index (κ1) is 21.2. The molecular formula is C17H15Cl2F3N2O3S. The first-order valence-electron chi connectivity index (χ1n) is 8.09. The molecule has 0 radical (unpaired) electrons. The average Bonchev–Trinajstić information content (AvgIpc) is 3.04. The summed E-state index contributed by atoms with van der Waals surface area (Å²) in [6.45, 7) is 0.920. The fourth-order valence-corrected chi connectivity index (χ4v) is 4.57. The molecule has 28 heavy (non-hydrogen) atoms. The minimum absolute atomic E-state index is 0.165. The molecule has 2 aromatic rings. The van der Waals surface area contributed by atoms with Gasteiger partial charge in [-0.15, -0.1) is 13.2 Å². The zero-order chi connectivity index (χ0) is 20.5. The quantitative estimate of drug-likeness (QED) is 0.718. The number of halogens is 5. The van der Waals surface area contributed by atoms with Gasteiger partial charge in [0.15, 0.2) is 0 Å². The van der Waals surface area contributed by atoms with Crippen LogP contribution in [-0.4, -0.2) is 33.9 Å². The molecule has 1 aliphatic heterocycles. The van der Waals surface area contributed by atoms with Crippen molar-refractivity contribution in [1.82, 2.24) is 10.0 Å². The van der Waals surface area contributed by atoms with Crippen LogP contribution in [0.1, 0.15) is 11.5 Å². The molecule has 1 saturated heterocycles. The lowest BCUT2D eigenvalue weighted by Crippen LogP contribution is -2.39. The van der Waals surface area contributed by atoms with Crippen molar-refractivity contribution in [2.75, 3.05) is 13.1 Å². The van der Waals surface area contributed by atoms with Crippen LogP contribution in [0.3, 0.4) is 0 Å². The molecule has 0 saturated carbocycles. The molecule has 5 nitrogen and oxygen atoms in total. The first-order valence-corrected chi connectivity index (χ1v) is 10.3. The average molecular weight is 455 g/mol. The summed E-state index contributed by atoms with van der Waals surface area (Å²) < 4.78 is 68.3. The fourth-order valence-electron chi connectivity index (χ4n) is 2.98. The van der Waals surface area contributed by atoms with Crippen molar-refractivity contribution in [3.63, 3.8) is 0 Å². The van der Waals surface area contributed by atoms with E-state index in [2.05, 4.69) is 14.8 Å². The number of sulfonamides is 1. The first-order chi connectivity index (χ1) is 13.0. The number of rotatable bonds is 5. The predicted octanol–water partition coefficient (Wildman–Crippen LogP) is 3.93. The number of ether oxygens (including phenoxy) is 1. The molecule has 0 spiro atoms. The standard InChI is InChI=1S/C17H15Cl2F3N2O3S/c18-14-6-1-10(7-15(14)19)13-8-23-9-16(13)24-28(25,26)12-4-2-11(3-5-12)27-17(20,21)22/h1-7,13,16,23-24H,8-9H2/t13-,16+/m1/s1. The van der Waals surface area contributed by atoms with Crippen LogP contribution in [0.25, 0.3) is 0 Å². The monoisotopic (exact) mass is 454 g/mol. The van der Waals surface area contributed by atoms with Crippen LogP contribution in [0.2, 0.25) is 10.0 Å². The summed E-state index contributed by atoms with van der Waals surface area (Å²) in [5, 5.41) is 3.88. The normalized spacial score (nSPS) is 20.3. The highest BCUT2D eigenvalue weighted by Crippen LogP contribution is 2.30. The van der Waals surface area contributed by atoms with Gasteiger partial charge in [-0.1, -0.05) is 29.3 Å². The van der Waals surface area contributed by atoms with Gasteiger partial charge in [-0.3, -0.25) is 0 Å². The van der Waals surface area contributed by atoms with E-state index < -0.39 is 28.2 Å². The SMILES string of the molecule is O=S(=O)(N[C@H]1CNC[C@@H]1c1ccc(Cl)c(Cl)c1)c1ccc(OC(F)(F)F)cc1. The maximum Gasteiger partial charge on any atom is 0.573 e. The van der Waals surface area contributed by atoms with Gasteiger partial charge in [0.1, 0.15) is 5.75 Å². The molecule has 1 fully saturated rings. The van der Waals surface area contributed by atoms with Gasteiger partial charge in [0.25, 0.3) is 0 Å². The summed E-state index contributed by atoms with van der Waals surface area (Å²) in [4.78, 5) is -0.165. The Bertz CT molecular complexity index is 953. The van der Waals surface area contributed by atoms with Crippen molar-refractivity contribution in [3.05, 3.63) is 58.1 Å². The van der Waals surface area contributed by atoms with Gasteiger partial charge in [-0.25, -0.2) is 13.1 Å². The minimum Gasteiger partial charge on any atom is -0.406 e. The number of alkyl halides is 3. The zero-order valence-corrected chi connectivity index (χ0v) is 16.5. The van der Waals surface area contributed by atoms with Gasteiger partial charge < -0.3 is 10.1 Å². The van der Waals surface area contributed by atoms with Crippen LogP contribution in [0.5, 0.6) is 5.75 Å². The molecule has 0 bridgehead atoms. The highest BCUT2D eigenvalue weighted by atomic mass is 35.5. The summed E-state index contributed by atoms with van der Waals surface area (Å²) in [5.41, 5.74) is 0.820. The smallest absolute Gasteiger partial charge is 0.406 e.